The molecule has 0 aliphatic carbocycles. The molecule has 0 bridgehead atoms. The highest BCUT2D eigenvalue weighted by Gasteiger charge is 2.13. The molecule has 1 amide bonds. The van der Waals surface area contributed by atoms with Crippen molar-refractivity contribution in [2.75, 3.05) is 14.2 Å². The van der Waals surface area contributed by atoms with Crippen molar-refractivity contribution < 1.29 is 23.4 Å². The number of amides is 1. The first-order valence-corrected chi connectivity index (χ1v) is 7.77. The van der Waals surface area contributed by atoms with Gasteiger partial charge in [0.15, 0.2) is 23.1 Å². The second-order valence-corrected chi connectivity index (χ2v) is 5.54. The van der Waals surface area contributed by atoms with E-state index in [0.717, 1.165) is 0 Å². The lowest BCUT2D eigenvalue weighted by molar-refractivity contribution is -0.117. The van der Waals surface area contributed by atoms with E-state index in [2.05, 4.69) is 4.98 Å². The molecule has 0 radical (unpaired) electrons. The Kier molecular flexibility index (Phi) is 4.88. The maximum absolute atomic E-state index is 14.3. The quantitative estimate of drug-likeness (QED) is 0.733. The molecule has 0 fully saturated rings. The van der Waals surface area contributed by atoms with Crippen molar-refractivity contribution in [3.63, 3.8) is 0 Å². The number of benzene rings is 2. The van der Waals surface area contributed by atoms with E-state index < -0.39 is 11.7 Å². The van der Waals surface area contributed by atoms with E-state index in [-0.39, 0.29) is 12.2 Å². The number of nitrogens with two attached hydrogens (primary N) is 1. The molecule has 0 aliphatic heterocycles. The molecule has 26 heavy (non-hydrogen) atoms. The second-order valence-electron chi connectivity index (χ2n) is 5.54. The van der Waals surface area contributed by atoms with Crippen molar-refractivity contribution >= 4 is 16.8 Å². The van der Waals surface area contributed by atoms with Gasteiger partial charge in [0.05, 0.1) is 26.2 Å². The van der Waals surface area contributed by atoms with Crippen molar-refractivity contribution in [1.82, 2.24) is 4.98 Å². The Bertz CT molecular complexity index is 975. The molecule has 1 aromatic heterocycles. The minimum Gasteiger partial charge on any atom is -0.493 e. The van der Waals surface area contributed by atoms with Crippen molar-refractivity contribution in [2.45, 2.75) is 6.42 Å². The van der Waals surface area contributed by atoms with E-state index in [1.807, 2.05) is 0 Å². The minimum atomic E-state index is -0.589. The van der Waals surface area contributed by atoms with Gasteiger partial charge in [0, 0.05) is 17.6 Å². The predicted octanol–water partition coefficient (Wildman–Crippen LogP) is 3.21. The van der Waals surface area contributed by atoms with Crippen LogP contribution in [0.3, 0.4) is 0 Å². The molecule has 2 aromatic carbocycles. The Balaban J connectivity index is 1.99. The third-order valence-corrected chi connectivity index (χ3v) is 3.80. The van der Waals surface area contributed by atoms with Crippen LogP contribution in [-0.4, -0.2) is 25.1 Å². The Hall–Kier alpha value is -3.35. The Morgan fingerprint density at radius 3 is 2.42 bits per heavy atom. The molecule has 3 rings (SSSR count). The summed E-state index contributed by atoms with van der Waals surface area (Å²) in [5, 5.41) is 0.644. The number of fused-ring (bicyclic) bond motifs is 1. The van der Waals surface area contributed by atoms with Gasteiger partial charge in [-0.15, -0.1) is 0 Å². The molecule has 3 aromatic rings. The zero-order valence-corrected chi connectivity index (χ0v) is 14.3. The summed E-state index contributed by atoms with van der Waals surface area (Å²) in [6.45, 7) is 0. The number of aromatic nitrogens is 1. The van der Waals surface area contributed by atoms with Crippen LogP contribution in [0, 0.1) is 5.82 Å². The molecule has 0 aliphatic rings. The number of hydrogen-bond donors (Lipinski definition) is 1. The van der Waals surface area contributed by atoms with E-state index in [1.165, 1.54) is 26.4 Å². The van der Waals surface area contributed by atoms with Crippen LogP contribution >= 0.6 is 0 Å². The van der Waals surface area contributed by atoms with Gasteiger partial charge in [-0.3, -0.25) is 9.78 Å². The van der Waals surface area contributed by atoms with E-state index in [4.69, 9.17) is 19.9 Å². The van der Waals surface area contributed by atoms with Crippen LogP contribution in [-0.2, 0) is 11.2 Å². The molecule has 1 heterocycles. The van der Waals surface area contributed by atoms with Gasteiger partial charge >= 0.3 is 0 Å². The first kappa shape index (κ1) is 17.5. The highest BCUT2D eigenvalue weighted by Crippen LogP contribution is 2.37. The maximum atomic E-state index is 14.3. The highest BCUT2D eigenvalue weighted by atomic mass is 19.1. The molecule has 6 nitrogen and oxygen atoms in total. The van der Waals surface area contributed by atoms with Crippen LogP contribution in [0.15, 0.2) is 42.6 Å². The number of rotatable bonds is 6. The number of carbonyl (C=O) groups is 1. The first-order chi connectivity index (χ1) is 12.5. The molecule has 0 saturated carbocycles. The van der Waals surface area contributed by atoms with Crippen LogP contribution in [0.25, 0.3) is 10.9 Å². The summed E-state index contributed by atoms with van der Waals surface area (Å²) in [5.74, 6) is 0.369. The smallest absolute Gasteiger partial charge is 0.221 e. The van der Waals surface area contributed by atoms with Crippen LogP contribution in [0.4, 0.5) is 4.39 Å². The van der Waals surface area contributed by atoms with Gasteiger partial charge in [0.25, 0.3) is 0 Å². The van der Waals surface area contributed by atoms with Gasteiger partial charge < -0.3 is 19.9 Å². The summed E-state index contributed by atoms with van der Waals surface area (Å²) in [5.41, 5.74) is 6.22. The summed E-state index contributed by atoms with van der Waals surface area (Å²) in [4.78, 5) is 15.2. The minimum absolute atomic E-state index is 0.0282. The number of carbonyl (C=O) groups excluding carboxylic acids is 1. The highest BCUT2D eigenvalue weighted by molar-refractivity contribution is 5.88. The molecule has 0 atom stereocenters. The van der Waals surface area contributed by atoms with Crippen molar-refractivity contribution in [1.29, 1.82) is 0 Å². The summed E-state index contributed by atoms with van der Waals surface area (Å²) in [7, 11) is 3.06. The number of nitrogens with zero attached hydrogens (tertiary/aromatic N) is 1. The van der Waals surface area contributed by atoms with Gasteiger partial charge in [-0.1, -0.05) is 6.07 Å². The summed E-state index contributed by atoms with van der Waals surface area (Å²) in [6.07, 6.45) is 1.52. The molecule has 7 heteroatoms. The number of methoxy groups -OCH3 is 2. The van der Waals surface area contributed by atoms with Crippen LogP contribution in [0.1, 0.15) is 5.56 Å². The number of primary amides is 1. The standard InChI is InChI=1S/C19H17FN2O4/c1-24-17-9-12-14(10-18(17)25-2)22-6-5-15(12)26-16-4-3-11(7-13(16)20)8-19(21)23/h3-7,9-10H,8H2,1-2H3,(H2,21,23). The fourth-order valence-electron chi connectivity index (χ4n) is 2.59. The number of ether oxygens (including phenoxy) is 3. The molecular weight excluding hydrogens is 339 g/mol. The van der Waals surface area contributed by atoms with E-state index in [1.54, 1.807) is 30.5 Å². The predicted molar refractivity (Wildman–Crippen MR) is 94.2 cm³/mol. The number of pyridine rings is 1. The van der Waals surface area contributed by atoms with E-state index >= 15 is 0 Å². The monoisotopic (exact) mass is 356 g/mol. The fraction of sp³-hybridized carbons (Fsp3) is 0.158. The molecule has 2 N–H and O–H groups in total. The third kappa shape index (κ3) is 3.51. The first-order valence-electron chi connectivity index (χ1n) is 7.77. The number of hydrogen-bond acceptors (Lipinski definition) is 5. The van der Waals surface area contributed by atoms with Gasteiger partial charge in [-0.2, -0.15) is 0 Å². The molecule has 0 spiro atoms. The average Bonchev–Trinajstić information content (AvgIpc) is 2.62. The SMILES string of the molecule is COc1cc2nccc(Oc3ccc(CC(N)=O)cc3F)c2cc1OC. The largest absolute Gasteiger partial charge is 0.493 e. The lowest BCUT2D eigenvalue weighted by atomic mass is 10.1. The number of halogens is 1. The maximum Gasteiger partial charge on any atom is 0.221 e. The van der Waals surface area contributed by atoms with Crippen molar-refractivity contribution in [2.24, 2.45) is 5.73 Å². The third-order valence-electron chi connectivity index (χ3n) is 3.80. The van der Waals surface area contributed by atoms with Crippen molar-refractivity contribution in [3.05, 3.63) is 54.0 Å². The van der Waals surface area contributed by atoms with Gasteiger partial charge in [0.1, 0.15) is 5.75 Å². The summed E-state index contributed by atoms with van der Waals surface area (Å²) >= 11 is 0. The zero-order valence-electron chi connectivity index (χ0n) is 14.3. The van der Waals surface area contributed by atoms with Gasteiger partial charge in [-0.05, 0) is 29.8 Å². The molecule has 0 unspecified atom stereocenters. The van der Waals surface area contributed by atoms with Crippen molar-refractivity contribution in [3.8, 4) is 23.0 Å². The lowest BCUT2D eigenvalue weighted by Crippen LogP contribution is -2.13. The molecule has 134 valence electrons. The zero-order chi connectivity index (χ0) is 18.7. The molecule has 0 saturated heterocycles. The molecular formula is C19H17FN2O4. The topological polar surface area (TPSA) is 83.7 Å². The van der Waals surface area contributed by atoms with Gasteiger partial charge in [-0.25, -0.2) is 4.39 Å². The van der Waals surface area contributed by atoms with E-state index in [0.29, 0.717) is 33.7 Å². The summed E-state index contributed by atoms with van der Waals surface area (Å²) in [6, 6.07) is 9.35. The summed E-state index contributed by atoms with van der Waals surface area (Å²) < 4.78 is 30.6. The van der Waals surface area contributed by atoms with Crippen LogP contribution in [0.2, 0.25) is 0 Å². The van der Waals surface area contributed by atoms with Crippen LogP contribution < -0.4 is 19.9 Å². The van der Waals surface area contributed by atoms with Gasteiger partial charge in [0.2, 0.25) is 5.91 Å². The fourth-order valence-corrected chi connectivity index (χ4v) is 2.59. The average molecular weight is 356 g/mol. The second kappa shape index (κ2) is 7.26. The Labute approximate surface area is 149 Å². The van der Waals surface area contributed by atoms with Crippen LogP contribution in [0.5, 0.6) is 23.0 Å². The Morgan fingerprint density at radius 2 is 1.77 bits per heavy atom. The lowest BCUT2D eigenvalue weighted by Gasteiger charge is -2.13. The Morgan fingerprint density at radius 1 is 1.04 bits per heavy atom. The van der Waals surface area contributed by atoms with E-state index in [9.17, 15) is 9.18 Å². The normalized spacial score (nSPS) is 10.6.